The van der Waals surface area contributed by atoms with E-state index in [-0.39, 0.29) is 5.54 Å². The monoisotopic (exact) mass is 239 g/mol. The molecule has 0 spiro atoms. The average Bonchev–Trinajstić information content (AvgIpc) is 2.78. The normalized spacial score (nSPS) is 19.8. The van der Waals surface area contributed by atoms with Gasteiger partial charge < -0.3 is 11.1 Å². The quantitative estimate of drug-likeness (QED) is 0.775. The van der Waals surface area contributed by atoms with Gasteiger partial charge in [-0.1, -0.05) is 19.3 Å². The molecule has 0 amide bonds. The molecule has 4 heteroatoms. The highest BCUT2D eigenvalue weighted by atomic mass is 32.1. The molecule has 1 heterocycles. The zero-order valence-corrected chi connectivity index (χ0v) is 10.6. The molecule has 0 saturated heterocycles. The molecule has 1 aliphatic rings. The SMILES string of the molecule is NC1(CCNCc2cncs2)CCCCC1. The van der Waals surface area contributed by atoms with Gasteiger partial charge in [0.2, 0.25) is 0 Å². The number of hydrogen-bond acceptors (Lipinski definition) is 4. The van der Waals surface area contributed by atoms with Crippen LogP contribution in [0, 0.1) is 0 Å². The van der Waals surface area contributed by atoms with Crippen LogP contribution in [0.1, 0.15) is 43.4 Å². The van der Waals surface area contributed by atoms with Crippen molar-refractivity contribution in [2.45, 2.75) is 50.6 Å². The summed E-state index contributed by atoms with van der Waals surface area (Å²) in [5.41, 5.74) is 8.36. The molecule has 1 aliphatic carbocycles. The van der Waals surface area contributed by atoms with E-state index in [0.717, 1.165) is 19.5 Å². The van der Waals surface area contributed by atoms with Crippen molar-refractivity contribution in [2.24, 2.45) is 5.73 Å². The van der Waals surface area contributed by atoms with Crippen molar-refractivity contribution in [3.05, 3.63) is 16.6 Å². The summed E-state index contributed by atoms with van der Waals surface area (Å²) in [4.78, 5) is 5.36. The van der Waals surface area contributed by atoms with Crippen LogP contribution in [0.3, 0.4) is 0 Å². The fourth-order valence-corrected chi connectivity index (χ4v) is 2.95. The van der Waals surface area contributed by atoms with Crippen LogP contribution < -0.4 is 11.1 Å². The molecule has 0 atom stereocenters. The molecule has 3 N–H and O–H groups in total. The van der Waals surface area contributed by atoms with E-state index in [0.29, 0.717) is 0 Å². The fraction of sp³-hybridized carbons (Fsp3) is 0.750. The van der Waals surface area contributed by atoms with Crippen LogP contribution in [0.5, 0.6) is 0 Å². The molecule has 16 heavy (non-hydrogen) atoms. The molecule has 0 unspecified atom stereocenters. The molecule has 0 aliphatic heterocycles. The Bertz CT molecular complexity index is 291. The Balaban J connectivity index is 1.63. The third-order valence-corrected chi connectivity index (χ3v) is 4.21. The summed E-state index contributed by atoms with van der Waals surface area (Å²) >= 11 is 1.70. The number of nitrogens with one attached hydrogen (secondary N) is 1. The fourth-order valence-electron chi connectivity index (χ4n) is 2.38. The van der Waals surface area contributed by atoms with Crippen LogP contribution in [0.15, 0.2) is 11.7 Å². The van der Waals surface area contributed by atoms with Crippen molar-refractivity contribution in [1.29, 1.82) is 0 Å². The standard InChI is InChI=1S/C12H21N3S/c13-12(4-2-1-3-5-12)6-7-14-8-11-9-15-10-16-11/h9-10,14H,1-8,13H2. The Labute approximate surface area is 101 Å². The van der Waals surface area contributed by atoms with E-state index in [1.165, 1.54) is 37.0 Å². The number of aromatic nitrogens is 1. The number of rotatable bonds is 5. The summed E-state index contributed by atoms with van der Waals surface area (Å²) in [5, 5.41) is 3.45. The lowest BCUT2D eigenvalue weighted by Gasteiger charge is -2.33. The first-order valence-electron chi connectivity index (χ1n) is 6.15. The van der Waals surface area contributed by atoms with Crippen LogP contribution in [0.2, 0.25) is 0 Å². The second-order valence-corrected chi connectivity index (χ2v) is 5.79. The first-order valence-corrected chi connectivity index (χ1v) is 7.03. The molecule has 1 fully saturated rings. The maximum Gasteiger partial charge on any atom is 0.0794 e. The van der Waals surface area contributed by atoms with Gasteiger partial charge in [-0.3, -0.25) is 4.98 Å². The van der Waals surface area contributed by atoms with E-state index in [4.69, 9.17) is 5.73 Å². The molecule has 0 radical (unpaired) electrons. The van der Waals surface area contributed by atoms with E-state index in [1.54, 1.807) is 11.3 Å². The Morgan fingerprint density at radius 3 is 2.88 bits per heavy atom. The Morgan fingerprint density at radius 2 is 2.19 bits per heavy atom. The molecule has 3 nitrogen and oxygen atoms in total. The van der Waals surface area contributed by atoms with Gasteiger partial charge in [0.05, 0.1) is 5.51 Å². The molecule has 1 aromatic rings. The first-order chi connectivity index (χ1) is 7.79. The highest BCUT2D eigenvalue weighted by Crippen LogP contribution is 2.28. The molecule has 1 aromatic heterocycles. The maximum absolute atomic E-state index is 6.37. The summed E-state index contributed by atoms with van der Waals surface area (Å²) in [7, 11) is 0. The minimum Gasteiger partial charge on any atom is -0.325 e. The lowest BCUT2D eigenvalue weighted by atomic mass is 9.80. The number of thiazole rings is 1. The number of nitrogens with two attached hydrogens (primary N) is 1. The lowest BCUT2D eigenvalue weighted by Crippen LogP contribution is -2.43. The first kappa shape index (κ1) is 12.0. The smallest absolute Gasteiger partial charge is 0.0794 e. The van der Waals surface area contributed by atoms with E-state index >= 15 is 0 Å². The molecule has 90 valence electrons. The number of nitrogens with zero attached hydrogens (tertiary/aromatic N) is 1. The summed E-state index contributed by atoms with van der Waals surface area (Å²) in [6.07, 6.45) is 9.43. The maximum atomic E-state index is 6.37. The van der Waals surface area contributed by atoms with Crippen LogP contribution in [-0.4, -0.2) is 17.1 Å². The third-order valence-electron chi connectivity index (χ3n) is 3.43. The highest BCUT2D eigenvalue weighted by molar-refractivity contribution is 7.09. The zero-order valence-electron chi connectivity index (χ0n) is 9.74. The molecular weight excluding hydrogens is 218 g/mol. The summed E-state index contributed by atoms with van der Waals surface area (Å²) in [5.74, 6) is 0. The summed E-state index contributed by atoms with van der Waals surface area (Å²) < 4.78 is 0. The van der Waals surface area contributed by atoms with Gasteiger partial charge in [-0.15, -0.1) is 11.3 Å². The largest absolute Gasteiger partial charge is 0.325 e. The van der Waals surface area contributed by atoms with Crippen molar-refractivity contribution in [3.63, 3.8) is 0 Å². The van der Waals surface area contributed by atoms with Gasteiger partial charge >= 0.3 is 0 Å². The molecule has 0 aromatic carbocycles. The topological polar surface area (TPSA) is 50.9 Å². The van der Waals surface area contributed by atoms with Gasteiger partial charge in [-0.05, 0) is 25.8 Å². The second-order valence-electron chi connectivity index (χ2n) is 4.82. The van der Waals surface area contributed by atoms with Gasteiger partial charge in [0, 0.05) is 23.2 Å². The van der Waals surface area contributed by atoms with E-state index < -0.39 is 0 Å². The van der Waals surface area contributed by atoms with Crippen LogP contribution >= 0.6 is 11.3 Å². The van der Waals surface area contributed by atoms with Crippen molar-refractivity contribution >= 4 is 11.3 Å². The molecule has 0 bridgehead atoms. The van der Waals surface area contributed by atoms with Gasteiger partial charge in [0.25, 0.3) is 0 Å². The van der Waals surface area contributed by atoms with Gasteiger partial charge in [0.1, 0.15) is 0 Å². The van der Waals surface area contributed by atoms with Gasteiger partial charge in [-0.2, -0.15) is 0 Å². The third kappa shape index (κ3) is 3.54. The van der Waals surface area contributed by atoms with Crippen LogP contribution in [-0.2, 0) is 6.54 Å². The van der Waals surface area contributed by atoms with Gasteiger partial charge in [-0.25, -0.2) is 0 Å². The Morgan fingerprint density at radius 1 is 1.38 bits per heavy atom. The second kappa shape index (κ2) is 5.75. The summed E-state index contributed by atoms with van der Waals surface area (Å²) in [6.45, 7) is 1.95. The predicted molar refractivity (Wildman–Crippen MR) is 68.4 cm³/mol. The average molecular weight is 239 g/mol. The van der Waals surface area contributed by atoms with Crippen molar-refractivity contribution in [2.75, 3.05) is 6.54 Å². The predicted octanol–water partition coefficient (Wildman–Crippen LogP) is 2.28. The van der Waals surface area contributed by atoms with E-state index in [9.17, 15) is 0 Å². The van der Waals surface area contributed by atoms with E-state index in [2.05, 4.69) is 10.3 Å². The zero-order chi connectivity index (χ0) is 11.3. The minimum atomic E-state index is 0.110. The van der Waals surface area contributed by atoms with Crippen LogP contribution in [0.4, 0.5) is 0 Å². The minimum absolute atomic E-state index is 0.110. The van der Waals surface area contributed by atoms with Crippen molar-refractivity contribution in [3.8, 4) is 0 Å². The van der Waals surface area contributed by atoms with E-state index in [1.807, 2.05) is 11.7 Å². The lowest BCUT2D eigenvalue weighted by molar-refractivity contribution is 0.275. The van der Waals surface area contributed by atoms with Crippen molar-refractivity contribution in [1.82, 2.24) is 10.3 Å². The molecule has 2 rings (SSSR count). The number of hydrogen-bond donors (Lipinski definition) is 2. The molecule has 1 saturated carbocycles. The van der Waals surface area contributed by atoms with Gasteiger partial charge in [0.15, 0.2) is 0 Å². The Hall–Kier alpha value is -0.450. The van der Waals surface area contributed by atoms with Crippen molar-refractivity contribution < 1.29 is 0 Å². The Kier molecular flexibility index (Phi) is 4.32. The molecular formula is C12H21N3S. The summed E-state index contributed by atoms with van der Waals surface area (Å²) in [6, 6.07) is 0. The van der Waals surface area contributed by atoms with Crippen LogP contribution in [0.25, 0.3) is 0 Å². The highest BCUT2D eigenvalue weighted by Gasteiger charge is 2.26.